The second-order valence-electron chi connectivity index (χ2n) is 3.26. The van der Waals surface area contributed by atoms with Crippen molar-refractivity contribution < 1.29 is 4.92 Å². The van der Waals surface area contributed by atoms with Crippen LogP contribution < -0.4 is 5.32 Å². The van der Waals surface area contributed by atoms with Crippen molar-refractivity contribution in [3.05, 3.63) is 22.0 Å². The summed E-state index contributed by atoms with van der Waals surface area (Å²) in [5, 5.41) is 13.4. The molecule has 0 aromatic heterocycles. The molecule has 4 heteroatoms. The summed E-state index contributed by atoms with van der Waals surface area (Å²) in [6, 6.07) is 0. The van der Waals surface area contributed by atoms with E-state index in [0.717, 1.165) is 13.0 Å². The molecule has 0 bridgehead atoms. The zero-order chi connectivity index (χ0) is 10.8. The van der Waals surface area contributed by atoms with Gasteiger partial charge in [0.2, 0.25) is 0 Å². The van der Waals surface area contributed by atoms with Crippen molar-refractivity contribution in [3.63, 3.8) is 0 Å². The topological polar surface area (TPSA) is 55.2 Å². The highest BCUT2D eigenvalue weighted by atomic mass is 16.6. The third-order valence-corrected chi connectivity index (χ3v) is 2.04. The van der Waals surface area contributed by atoms with Gasteiger partial charge in [-0.1, -0.05) is 33.1 Å². The molecule has 0 heterocycles. The maximum absolute atomic E-state index is 10.4. The van der Waals surface area contributed by atoms with Gasteiger partial charge in [0.15, 0.2) is 0 Å². The second kappa shape index (κ2) is 8.53. The van der Waals surface area contributed by atoms with E-state index < -0.39 is 0 Å². The lowest BCUT2D eigenvalue weighted by molar-refractivity contribution is -0.428. The molecule has 0 aliphatic rings. The summed E-state index contributed by atoms with van der Waals surface area (Å²) in [6.45, 7) is 4.78. The van der Waals surface area contributed by atoms with E-state index in [2.05, 4.69) is 12.2 Å². The van der Waals surface area contributed by atoms with Crippen molar-refractivity contribution in [1.82, 2.24) is 5.32 Å². The maximum atomic E-state index is 10.4. The lowest BCUT2D eigenvalue weighted by atomic mass is 10.2. The Bertz CT molecular complexity index is 191. The average molecular weight is 200 g/mol. The molecule has 0 amide bonds. The Hall–Kier alpha value is -1.06. The molecule has 0 rings (SSSR count). The highest BCUT2D eigenvalue weighted by Gasteiger charge is 2.04. The predicted molar refractivity (Wildman–Crippen MR) is 57.5 cm³/mol. The van der Waals surface area contributed by atoms with Crippen LogP contribution in [0.15, 0.2) is 11.9 Å². The van der Waals surface area contributed by atoms with Crippen LogP contribution in [0, 0.1) is 10.1 Å². The average Bonchev–Trinajstić information content (AvgIpc) is 2.16. The van der Waals surface area contributed by atoms with Gasteiger partial charge in [-0.25, -0.2) is 0 Å². The molecule has 0 aromatic rings. The molecule has 82 valence electrons. The van der Waals surface area contributed by atoms with E-state index in [4.69, 9.17) is 0 Å². The molecular formula is C10H20N2O2. The van der Waals surface area contributed by atoms with E-state index in [1.807, 2.05) is 0 Å². The van der Waals surface area contributed by atoms with Crippen LogP contribution in [0.4, 0.5) is 0 Å². The monoisotopic (exact) mass is 200 g/mol. The third-order valence-electron chi connectivity index (χ3n) is 2.04. The van der Waals surface area contributed by atoms with Crippen LogP contribution in [0.25, 0.3) is 0 Å². The number of nitrogens with zero attached hydrogens (tertiary/aromatic N) is 1. The molecule has 0 radical (unpaired) electrons. The first-order valence-electron chi connectivity index (χ1n) is 5.29. The largest absolute Gasteiger partial charge is 0.386 e. The minimum absolute atomic E-state index is 0.250. The quantitative estimate of drug-likeness (QED) is 0.372. The maximum Gasteiger partial charge on any atom is 0.261 e. The van der Waals surface area contributed by atoms with Gasteiger partial charge < -0.3 is 5.32 Å². The Labute approximate surface area is 85.5 Å². The summed E-state index contributed by atoms with van der Waals surface area (Å²) < 4.78 is 0. The van der Waals surface area contributed by atoms with Crippen LogP contribution in [0.5, 0.6) is 0 Å². The van der Waals surface area contributed by atoms with E-state index in [0.29, 0.717) is 6.42 Å². The normalized spacial score (nSPS) is 11.4. The van der Waals surface area contributed by atoms with Crippen molar-refractivity contribution in [1.29, 1.82) is 0 Å². The summed E-state index contributed by atoms with van der Waals surface area (Å²) in [4.78, 5) is 10.1. The zero-order valence-electron chi connectivity index (χ0n) is 9.08. The number of hydrogen-bond donors (Lipinski definition) is 1. The van der Waals surface area contributed by atoms with E-state index >= 15 is 0 Å². The van der Waals surface area contributed by atoms with Crippen molar-refractivity contribution in [2.75, 3.05) is 6.54 Å². The smallest absolute Gasteiger partial charge is 0.261 e. The van der Waals surface area contributed by atoms with Gasteiger partial charge in [0.1, 0.15) is 0 Å². The number of rotatable bonds is 8. The molecule has 0 unspecified atom stereocenters. The molecule has 4 nitrogen and oxygen atoms in total. The fraction of sp³-hybridized carbons (Fsp3) is 0.800. The van der Waals surface area contributed by atoms with E-state index in [-0.39, 0.29) is 10.6 Å². The summed E-state index contributed by atoms with van der Waals surface area (Å²) in [6.07, 6.45) is 6.71. The van der Waals surface area contributed by atoms with Gasteiger partial charge in [0.05, 0.1) is 11.1 Å². The van der Waals surface area contributed by atoms with Crippen molar-refractivity contribution in [2.45, 2.75) is 46.0 Å². The number of nitrogens with one attached hydrogen (secondary N) is 1. The van der Waals surface area contributed by atoms with Crippen LogP contribution in [0.2, 0.25) is 0 Å². The Morgan fingerprint density at radius 3 is 2.57 bits per heavy atom. The molecule has 0 spiro atoms. The molecule has 0 atom stereocenters. The molecule has 0 fully saturated rings. The first kappa shape index (κ1) is 12.9. The van der Waals surface area contributed by atoms with Crippen LogP contribution >= 0.6 is 0 Å². The van der Waals surface area contributed by atoms with Gasteiger partial charge in [-0.3, -0.25) is 10.1 Å². The summed E-state index contributed by atoms with van der Waals surface area (Å²) in [5.74, 6) is 0. The lowest BCUT2D eigenvalue weighted by Crippen LogP contribution is -2.10. The second-order valence-corrected chi connectivity index (χ2v) is 3.26. The van der Waals surface area contributed by atoms with Gasteiger partial charge in [-0.05, 0) is 6.42 Å². The molecule has 14 heavy (non-hydrogen) atoms. The minimum atomic E-state index is -0.334. The summed E-state index contributed by atoms with van der Waals surface area (Å²) >= 11 is 0. The van der Waals surface area contributed by atoms with Crippen LogP contribution in [0.1, 0.15) is 46.0 Å². The van der Waals surface area contributed by atoms with Gasteiger partial charge in [-0.2, -0.15) is 0 Å². The SMILES string of the molecule is CCCCCCN/C=C(\CC)[N+](=O)[O-]. The highest BCUT2D eigenvalue weighted by Crippen LogP contribution is 2.00. The molecular weight excluding hydrogens is 180 g/mol. The van der Waals surface area contributed by atoms with Crippen molar-refractivity contribution >= 4 is 0 Å². The fourth-order valence-electron chi connectivity index (χ4n) is 1.13. The van der Waals surface area contributed by atoms with Crippen molar-refractivity contribution in [2.24, 2.45) is 0 Å². The predicted octanol–water partition coefficient (Wildman–Crippen LogP) is 2.68. The van der Waals surface area contributed by atoms with Crippen LogP contribution in [-0.2, 0) is 0 Å². The molecule has 0 aliphatic carbocycles. The zero-order valence-corrected chi connectivity index (χ0v) is 9.08. The van der Waals surface area contributed by atoms with Gasteiger partial charge in [-0.15, -0.1) is 0 Å². The Balaban J connectivity index is 3.53. The van der Waals surface area contributed by atoms with E-state index in [9.17, 15) is 10.1 Å². The van der Waals surface area contributed by atoms with Gasteiger partial charge in [0.25, 0.3) is 5.70 Å². The van der Waals surface area contributed by atoms with Crippen LogP contribution in [0.3, 0.4) is 0 Å². The van der Waals surface area contributed by atoms with Crippen molar-refractivity contribution in [3.8, 4) is 0 Å². The standard InChI is InChI=1S/C10H20N2O2/c1-3-5-6-7-8-11-9-10(4-2)12(13)14/h9,11H,3-8H2,1-2H3/b10-9+. The van der Waals surface area contributed by atoms with E-state index in [1.54, 1.807) is 6.92 Å². The molecule has 0 aromatic carbocycles. The first-order chi connectivity index (χ1) is 6.72. The number of hydrogen-bond acceptors (Lipinski definition) is 3. The van der Waals surface area contributed by atoms with Crippen LogP contribution in [-0.4, -0.2) is 11.5 Å². The highest BCUT2D eigenvalue weighted by molar-refractivity contribution is 4.88. The Morgan fingerprint density at radius 2 is 2.07 bits per heavy atom. The third kappa shape index (κ3) is 6.46. The first-order valence-corrected chi connectivity index (χ1v) is 5.29. The molecule has 0 saturated carbocycles. The number of unbranched alkanes of at least 4 members (excludes halogenated alkanes) is 3. The fourth-order valence-corrected chi connectivity index (χ4v) is 1.13. The van der Waals surface area contributed by atoms with Gasteiger partial charge in [0, 0.05) is 13.0 Å². The Kier molecular flexibility index (Phi) is 7.89. The summed E-state index contributed by atoms with van der Waals surface area (Å²) in [7, 11) is 0. The van der Waals surface area contributed by atoms with Gasteiger partial charge >= 0.3 is 0 Å². The Morgan fingerprint density at radius 1 is 1.36 bits per heavy atom. The molecule has 0 aliphatic heterocycles. The number of nitro groups is 1. The minimum Gasteiger partial charge on any atom is -0.386 e. The molecule has 0 saturated heterocycles. The lowest BCUT2D eigenvalue weighted by Gasteiger charge is -2.00. The molecule has 1 N–H and O–H groups in total. The summed E-state index contributed by atoms with van der Waals surface area (Å²) in [5.41, 5.74) is 0.250. The van der Waals surface area contributed by atoms with E-state index in [1.165, 1.54) is 25.5 Å². The number of allylic oxidation sites excluding steroid dienone is 1.